The maximum absolute atomic E-state index is 11.6. The minimum atomic E-state index is -0.388. The van der Waals surface area contributed by atoms with Crippen LogP contribution in [-0.4, -0.2) is 103 Å². The van der Waals surface area contributed by atoms with Gasteiger partial charge in [-0.1, -0.05) is 33.1 Å². The first-order valence-corrected chi connectivity index (χ1v) is 23.4. The number of hydrogen-bond acceptors (Lipinski definition) is 12. The van der Waals surface area contributed by atoms with Gasteiger partial charge in [0.15, 0.2) is 0 Å². The molecule has 364 valence electrons. The molecule has 4 amide bonds. The summed E-state index contributed by atoms with van der Waals surface area (Å²) in [6.07, 6.45) is 19.6. The van der Waals surface area contributed by atoms with Crippen LogP contribution in [0.2, 0.25) is 0 Å². The standard InChI is InChI=1S/C17H30N2O4.C17H31NO4.C13H23NO4/c1-22-16(20)18-14-7-3-12(4-8-14)11-13-5-9-15(10-6-13)19-17(21)23-2;1-16(2,11-14(19)21-5)12-8-7-9-13(10-12)17(3,4)18-15(20)22-6;1-17-12(15)8-7-10-3-5-11(6-4-10)9-14-13(16)18-2/h12-15H,3-11H2,1-2H3,(H,18,20)(H,19,21);12-13H,7-11H2,1-6H3,(H,18,20);10-11H,3-9H2,1-2H3,(H,14,16). The number of alkyl carbamates (subject to hydrolysis) is 4. The van der Waals surface area contributed by atoms with Crippen molar-refractivity contribution in [1.29, 1.82) is 0 Å². The first-order valence-electron chi connectivity index (χ1n) is 23.4. The molecule has 0 saturated heterocycles. The monoisotopic (exact) mass is 897 g/mol. The Morgan fingerprint density at radius 1 is 0.492 bits per heavy atom. The fraction of sp³-hybridized carbons (Fsp3) is 0.872. The first-order chi connectivity index (χ1) is 29.9. The number of amides is 4. The van der Waals surface area contributed by atoms with Gasteiger partial charge in [-0.05, 0) is 151 Å². The van der Waals surface area contributed by atoms with E-state index in [2.05, 4.69) is 54.1 Å². The van der Waals surface area contributed by atoms with Crippen molar-refractivity contribution in [2.45, 2.75) is 174 Å². The van der Waals surface area contributed by atoms with Crippen LogP contribution in [0, 0.1) is 40.9 Å². The highest BCUT2D eigenvalue weighted by atomic mass is 16.6. The van der Waals surface area contributed by atoms with Crippen LogP contribution in [0.5, 0.6) is 0 Å². The van der Waals surface area contributed by atoms with Crippen LogP contribution in [-0.2, 0) is 38.0 Å². The van der Waals surface area contributed by atoms with E-state index in [1.54, 1.807) is 0 Å². The van der Waals surface area contributed by atoms with Gasteiger partial charge in [0.2, 0.25) is 0 Å². The zero-order valence-corrected chi connectivity index (χ0v) is 40.4. The van der Waals surface area contributed by atoms with Crippen molar-refractivity contribution >= 4 is 36.3 Å². The van der Waals surface area contributed by atoms with Gasteiger partial charge in [-0.2, -0.15) is 0 Å². The average molecular weight is 897 g/mol. The number of carbonyl (C=O) groups excluding carboxylic acids is 6. The fourth-order valence-corrected chi connectivity index (χ4v) is 10.0. The maximum Gasteiger partial charge on any atom is 0.407 e. The first kappa shape index (κ1) is 55.2. The zero-order valence-electron chi connectivity index (χ0n) is 40.4. The number of methoxy groups -OCH3 is 6. The van der Waals surface area contributed by atoms with Crippen LogP contribution in [0.25, 0.3) is 0 Å². The maximum atomic E-state index is 11.6. The number of nitrogens with one attached hydrogen (secondary N) is 4. The predicted octanol–water partition coefficient (Wildman–Crippen LogP) is 8.82. The Balaban J connectivity index is 0.000000328. The van der Waals surface area contributed by atoms with Gasteiger partial charge in [0.25, 0.3) is 0 Å². The molecule has 4 fully saturated rings. The SMILES string of the molecule is COC(=O)CC(C)(C)C1CCCC(C(C)(C)NC(=O)OC)C1.COC(=O)CCC1CCC(CNC(=O)OC)CC1.COC(=O)NC1CCC(CC2CCC(NC(=O)OC)CC2)CC1. The van der Waals surface area contributed by atoms with Crippen LogP contribution in [0.3, 0.4) is 0 Å². The number of esters is 2. The molecule has 4 rings (SSSR count). The van der Waals surface area contributed by atoms with E-state index in [9.17, 15) is 28.8 Å². The van der Waals surface area contributed by atoms with Gasteiger partial charge in [0.1, 0.15) is 0 Å². The zero-order chi connectivity index (χ0) is 47.0. The highest BCUT2D eigenvalue weighted by Crippen LogP contribution is 2.45. The second-order valence-electron chi connectivity index (χ2n) is 19.5. The number of rotatable bonds is 14. The molecule has 0 radical (unpaired) electrons. The van der Waals surface area contributed by atoms with Crippen LogP contribution in [0.4, 0.5) is 19.2 Å². The molecule has 4 saturated carbocycles. The van der Waals surface area contributed by atoms with Crippen molar-refractivity contribution in [3.05, 3.63) is 0 Å². The van der Waals surface area contributed by atoms with Crippen molar-refractivity contribution in [2.24, 2.45) is 40.9 Å². The Morgan fingerprint density at radius 3 is 1.40 bits per heavy atom. The van der Waals surface area contributed by atoms with Crippen molar-refractivity contribution in [3.8, 4) is 0 Å². The lowest BCUT2D eigenvalue weighted by atomic mass is 9.63. The fourth-order valence-electron chi connectivity index (χ4n) is 10.0. The normalized spacial score (nSPS) is 25.9. The van der Waals surface area contributed by atoms with Gasteiger partial charge in [-0.15, -0.1) is 0 Å². The Morgan fingerprint density at radius 2 is 0.937 bits per heavy atom. The highest BCUT2D eigenvalue weighted by molar-refractivity contribution is 5.70. The molecule has 16 heteroatoms. The van der Waals surface area contributed by atoms with Gasteiger partial charge >= 0.3 is 36.3 Å². The molecule has 4 aliphatic rings. The summed E-state index contributed by atoms with van der Waals surface area (Å²) >= 11 is 0. The van der Waals surface area contributed by atoms with Crippen LogP contribution in [0.1, 0.15) is 156 Å². The van der Waals surface area contributed by atoms with E-state index >= 15 is 0 Å². The molecule has 4 aliphatic carbocycles. The average Bonchev–Trinajstić information content (AvgIpc) is 3.28. The molecule has 0 heterocycles. The molecule has 0 aromatic heterocycles. The van der Waals surface area contributed by atoms with Crippen LogP contribution < -0.4 is 21.3 Å². The Kier molecular flexibility index (Phi) is 25.2. The summed E-state index contributed by atoms with van der Waals surface area (Å²) in [7, 11) is 8.44. The second kappa shape index (κ2) is 28.7. The molecule has 0 aliphatic heterocycles. The smallest absolute Gasteiger partial charge is 0.407 e. The number of ether oxygens (including phenoxy) is 6. The van der Waals surface area contributed by atoms with E-state index < -0.39 is 0 Å². The van der Waals surface area contributed by atoms with E-state index in [1.165, 1.54) is 74.8 Å². The predicted molar refractivity (Wildman–Crippen MR) is 240 cm³/mol. The molecule has 63 heavy (non-hydrogen) atoms. The quantitative estimate of drug-likeness (QED) is 0.0954. The summed E-state index contributed by atoms with van der Waals surface area (Å²) in [6, 6.07) is 0.553. The van der Waals surface area contributed by atoms with E-state index in [4.69, 9.17) is 9.47 Å². The largest absolute Gasteiger partial charge is 0.469 e. The minimum Gasteiger partial charge on any atom is -0.469 e. The lowest BCUT2D eigenvalue weighted by molar-refractivity contribution is -0.144. The summed E-state index contributed by atoms with van der Waals surface area (Å²) in [6.45, 7) is 9.06. The molecule has 0 spiro atoms. The minimum absolute atomic E-state index is 0.0902. The van der Waals surface area contributed by atoms with E-state index in [-0.39, 0.29) is 59.3 Å². The van der Waals surface area contributed by atoms with Crippen molar-refractivity contribution in [2.75, 3.05) is 49.2 Å². The van der Waals surface area contributed by atoms with E-state index in [0.29, 0.717) is 43.1 Å². The summed E-state index contributed by atoms with van der Waals surface area (Å²) in [5.41, 5.74) is -0.403. The highest BCUT2D eigenvalue weighted by Gasteiger charge is 2.41. The lowest BCUT2D eigenvalue weighted by Gasteiger charge is -2.44. The molecule has 0 aromatic rings. The molecular weight excluding hydrogens is 813 g/mol. The topological polar surface area (TPSA) is 206 Å². The van der Waals surface area contributed by atoms with Gasteiger partial charge in [-0.3, -0.25) is 9.59 Å². The third kappa shape index (κ3) is 21.5. The van der Waals surface area contributed by atoms with Crippen molar-refractivity contribution in [1.82, 2.24) is 21.3 Å². The molecule has 2 atom stereocenters. The van der Waals surface area contributed by atoms with E-state index in [0.717, 1.165) is 95.3 Å². The van der Waals surface area contributed by atoms with Gasteiger partial charge in [0.05, 0.1) is 49.1 Å². The van der Waals surface area contributed by atoms with Crippen molar-refractivity contribution < 1.29 is 57.2 Å². The molecule has 0 aromatic carbocycles. The van der Waals surface area contributed by atoms with Crippen LogP contribution in [0.15, 0.2) is 0 Å². The molecule has 2 unspecified atom stereocenters. The van der Waals surface area contributed by atoms with Gasteiger partial charge < -0.3 is 49.7 Å². The number of carbonyl (C=O) groups is 6. The van der Waals surface area contributed by atoms with Crippen LogP contribution >= 0.6 is 0 Å². The Labute approximate surface area is 377 Å². The molecule has 4 N–H and O–H groups in total. The summed E-state index contributed by atoms with van der Waals surface area (Å²) < 4.78 is 28.0. The second-order valence-corrected chi connectivity index (χ2v) is 19.5. The van der Waals surface area contributed by atoms with Crippen molar-refractivity contribution in [3.63, 3.8) is 0 Å². The van der Waals surface area contributed by atoms with Gasteiger partial charge in [-0.25, -0.2) is 19.2 Å². The third-order valence-electron chi connectivity index (χ3n) is 14.3. The lowest BCUT2D eigenvalue weighted by Crippen LogP contribution is -2.51. The molecule has 16 nitrogen and oxygen atoms in total. The Hall–Kier alpha value is -3.98. The summed E-state index contributed by atoms with van der Waals surface area (Å²) in [5, 5.41) is 11.5. The Bertz CT molecular complexity index is 1290. The molecule has 0 bridgehead atoms. The number of hydrogen-bond donors (Lipinski definition) is 4. The van der Waals surface area contributed by atoms with E-state index in [1.807, 2.05) is 13.8 Å². The van der Waals surface area contributed by atoms with Gasteiger partial charge in [0, 0.05) is 30.6 Å². The summed E-state index contributed by atoms with van der Waals surface area (Å²) in [4.78, 5) is 67.6. The summed E-state index contributed by atoms with van der Waals surface area (Å²) in [5.74, 6) is 3.27. The molecular formula is C47H84N4O12. The third-order valence-corrected chi connectivity index (χ3v) is 14.3.